The van der Waals surface area contributed by atoms with Crippen LogP contribution in [0, 0.1) is 5.41 Å². The Bertz CT molecular complexity index is 409. The SMILES string of the molecule is CCc1ccc(CN(C)CCC(C)(C)C(=O)O)cc1. The standard InChI is InChI=1S/C16H25NO2/c1-5-13-6-8-14(9-7-13)12-17(4)11-10-16(2,3)15(18)19/h6-9H,5,10-12H2,1-4H3,(H,18,19). The van der Waals surface area contributed by atoms with Gasteiger partial charge < -0.3 is 10.0 Å². The van der Waals surface area contributed by atoms with E-state index in [1.807, 2.05) is 7.05 Å². The third-order valence-electron chi connectivity index (χ3n) is 3.58. The molecule has 1 rings (SSSR count). The molecule has 1 N–H and O–H groups in total. The van der Waals surface area contributed by atoms with Crippen LogP contribution in [0.25, 0.3) is 0 Å². The van der Waals surface area contributed by atoms with Crippen molar-refractivity contribution in [2.45, 2.75) is 40.2 Å². The predicted octanol–water partition coefficient (Wildman–Crippen LogP) is 3.18. The van der Waals surface area contributed by atoms with Crippen LogP contribution in [-0.4, -0.2) is 29.6 Å². The Morgan fingerprint density at radius 2 is 1.74 bits per heavy atom. The Hall–Kier alpha value is -1.35. The molecule has 0 heterocycles. The fourth-order valence-electron chi connectivity index (χ4n) is 1.85. The van der Waals surface area contributed by atoms with E-state index in [2.05, 4.69) is 36.1 Å². The zero-order valence-corrected chi connectivity index (χ0v) is 12.4. The van der Waals surface area contributed by atoms with Crippen LogP contribution in [0.4, 0.5) is 0 Å². The van der Waals surface area contributed by atoms with E-state index in [1.165, 1.54) is 11.1 Å². The van der Waals surface area contributed by atoms with Gasteiger partial charge in [-0.1, -0.05) is 31.2 Å². The maximum atomic E-state index is 11.0. The number of rotatable bonds is 7. The van der Waals surface area contributed by atoms with E-state index in [0.717, 1.165) is 19.5 Å². The number of aliphatic carboxylic acids is 1. The van der Waals surface area contributed by atoms with Gasteiger partial charge in [-0.05, 0) is 51.4 Å². The molecule has 3 nitrogen and oxygen atoms in total. The molecule has 0 radical (unpaired) electrons. The average molecular weight is 263 g/mol. The van der Waals surface area contributed by atoms with Crippen LogP contribution in [0.15, 0.2) is 24.3 Å². The zero-order valence-electron chi connectivity index (χ0n) is 12.4. The van der Waals surface area contributed by atoms with E-state index in [9.17, 15) is 4.79 Å². The summed E-state index contributed by atoms with van der Waals surface area (Å²) in [6.45, 7) is 7.35. The highest BCUT2D eigenvalue weighted by atomic mass is 16.4. The molecule has 1 aromatic rings. The second-order valence-corrected chi connectivity index (χ2v) is 5.85. The molecule has 0 unspecified atom stereocenters. The number of hydrogen-bond donors (Lipinski definition) is 1. The van der Waals surface area contributed by atoms with Gasteiger partial charge in [-0.2, -0.15) is 0 Å². The van der Waals surface area contributed by atoms with Crippen molar-refractivity contribution in [3.8, 4) is 0 Å². The van der Waals surface area contributed by atoms with Gasteiger partial charge in [0.15, 0.2) is 0 Å². The van der Waals surface area contributed by atoms with Gasteiger partial charge in [0.05, 0.1) is 5.41 Å². The molecule has 0 aliphatic carbocycles. The van der Waals surface area contributed by atoms with Gasteiger partial charge in [-0.15, -0.1) is 0 Å². The van der Waals surface area contributed by atoms with Crippen molar-refractivity contribution in [3.05, 3.63) is 35.4 Å². The Kier molecular flexibility index (Phi) is 5.55. The lowest BCUT2D eigenvalue weighted by Crippen LogP contribution is -2.30. The minimum atomic E-state index is -0.729. The number of carboxylic acids is 1. The molecule has 0 saturated heterocycles. The summed E-state index contributed by atoms with van der Waals surface area (Å²) >= 11 is 0. The summed E-state index contributed by atoms with van der Waals surface area (Å²) in [7, 11) is 2.03. The predicted molar refractivity (Wildman–Crippen MR) is 78.2 cm³/mol. The fraction of sp³-hybridized carbons (Fsp3) is 0.562. The van der Waals surface area contributed by atoms with Crippen molar-refractivity contribution < 1.29 is 9.90 Å². The molecule has 0 aliphatic heterocycles. The molecular formula is C16H25NO2. The molecule has 106 valence electrons. The van der Waals surface area contributed by atoms with Crippen LogP contribution < -0.4 is 0 Å². The van der Waals surface area contributed by atoms with Crippen molar-refractivity contribution in [2.24, 2.45) is 5.41 Å². The van der Waals surface area contributed by atoms with Crippen molar-refractivity contribution in [2.75, 3.05) is 13.6 Å². The second-order valence-electron chi connectivity index (χ2n) is 5.85. The molecule has 0 aromatic heterocycles. The normalized spacial score (nSPS) is 11.8. The molecule has 3 heteroatoms. The largest absolute Gasteiger partial charge is 0.481 e. The fourth-order valence-corrected chi connectivity index (χ4v) is 1.85. The number of hydrogen-bond acceptors (Lipinski definition) is 2. The van der Waals surface area contributed by atoms with Gasteiger partial charge in [-0.3, -0.25) is 4.79 Å². The smallest absolute Gasteiger partial charge is 0.309 e. The molecular weight excluding hydrogens is 238 g/mol. The third-order valence-corrected chi connectivity index (χ3v) is 3.58. The monoisotopic (exact) mass is 263 g/mol. The van der Waals surface area contributed by atoms with E-state index in [4.69, 9.17) is 5.11 Å². The summed E-state index contributed by atoms with van der Waals surface area (Å²) in [4.78, 5) is 13.2. The molecule has 19 heavy (non-hydrogen) atoms. The topological polar surface area (TPSA) is 40.5 Å². The lowest BCUT2D eigenvalue weighted by atomic mass is 9.89. The summed E-state index contributed by atoms with van der Waals surface area (Å²) in [6.07, 6.45) is 1.72. The van der Waals surface area contributed by atoms with Gasteiger partial charge in [0.1, 0.15) is 0 Å². The van der Waals surface area contributed by atoms with Crippen molar-refractivity contribution in [3.63, 3.8) is 0 Å². The Balaban J connectivity index is 2.46. The third kappa shape index (κ3) is 5.03. The first kappa shape index (κ1) is 15.7. The first-order valence-electron chi connectivity index (χ1n) is 6.85. The number of nitrogens with zero attached hydrogens (tertiary/aromatic N) is 1. The van der Waals surface area contributed by atoms with Crippen LogP contribution in [0.1, 0.15) is 38.3 Å². The molecule has 0 bridgehead atoms. The average Bonchev–Trinajstić information content (AvgIpc) is 2.37. The maximum Gasteiger partial charge on any atom is 0.309 e. The highest BCUT2D eigenvalue weighted by Crippen LogP contribution is 2.21. The van der Waals surface area contributed by atoms with E-state index < -0.39 is 11.4 Å². The number of aryl methyl sites for hydroxylation is 1. The molecule has 0 spiro atoms. The lowest BCUT2D eigenvalue weighted by molar-refractivity contribution is -0.147. The van der Waals surface area contributed by atoms with Crippen LogP contribution in [0.5, 0.6) is 0 Å². The lowest BCUT2D eigenvalue weighted by Gasteiger charge is -2.23. The number of carbonyl (C=O) groups is 1. The Morgan fingerprint density at radius 3 is 2.21 bits per heavy atom. The van der Waals surface area contributed by atoms with Crippen LogP contribution in [-0.2, 0) is 17.8 Å². The summed E-state index contributed by atoms with van der Waals surface area (Å²) in [5, 5.41) is 9.08. The maximum absolute atomic E-state index is 11.0. The summed E-state index contributed by atoms with van der Waals surface area (Å²) in [5.41, 5.74) is 1.96. The first-order chi connectivity index (χ1) is 8.85. The van der Waals surface area contributed by atoms with Crippen molar-refractivity contribution >= 4 is 5.97 Å². The van der Waals surface area contributed by atoms with E-state index in [-0.39, 0.29) is 0 Å². The summed E-state index contributed by atoms with van der Waals surface area (Å²) in [5.74, 6) is -0.729. The van der Waals surface area contributed by atoms with Gasteiger partial charge in [-0.25, -0.2) is 0 Å². The summed E-state index contributed by atoms with van der Waals surface area (Å²) < 4.78 is 0. The van der Waals surface area contributed by atoms with Gasteiger partial charge in [0.25, 0.3) is 0 Å². The van der Waals surface area contributed by atoms with Crippen molar-refractivity contribution in [1.82, 2.24) is 4.90 Å². The highest BCUT2D eigenvalue weighted by molar-refractivity contribution is 5.73. The van der Waals surface area contributed by atoms with Crippen LogP contribution in [0.3, 0.4) is 0 Å². The second kappa shape index (κ2) is 6.71. The van der Waals surface area contributed by atoms with Crippen molar-refractivity contribution in [1.29, 1.82) is 0 Å². The van der Waals surface area contributed by atoms with E-state index >= 15 is 0 Å². The molecule has 0 atom stereocenters. The minimum Gasteiger partial charge on any atom is -0.481 e. The van der Waals surface area contributed by atoms with Gasteiger partial charge >= 0.3 is 5.97 Å². The molecule has 0 fully saturated rings. The molecule has 1 aromatic carbocycles. The van der Waals surface area contributed by atoms with Crippen LogP contribution in [0.2, 0.25) is 0 Å². The number of carboxylic acid groups (broad SMARTS) is 1. The minimum absolute atomic E-state index is 0.652. The Labute approximate surface area is 116 Å². The number of benzene rings is 1. The van der Waals surface area contributed by atoms with Gasteiger partial charge in [0.2, 0.25) is 0 Å². The summed E-state index contributed by atoms with van der Waals surface area (Å²) in [6, 6.07) is 8.62. The van der Waals surface area contributed by atoms with E-state index in [0.29, 0.717) is 6.42 Å². The van der Waals surface area contributed by atoms with Crippen LogP contribution >= 0.6 is 0 Å². The van der Waals surface area contributed by atoms with Gasteiger partial charge in [0, 0.05) is 6.54 Å². The highest BCUT2D eigenvalue weighted by Gasteiger charge is 2.26. The molecule has 0 amide bonds. The Morgan fingerprint density at radius 1 is 1.21 bits per heavy atom. The zero-order chi connectivity index (χ0) is 14.5. The quantitative estimate of drug-likeness (QED) is 0.821. The molecule has 0 saturated carbocycles. The molecule has 0 aliphatic rings. The first-order valence-corrected chi connectivity index (χ1v) is 6.85. The van der Waals surface area contributed by atoms with E-state index in [1.54, 1.807) is 13.8 Å².